The Balaban J connectivity index is 1.70. The van der Waals surface area contributed by atoms with Gasteiger partial charge in [0.1, 0.15) is 0 Å². The fraction of sp³-hybridized carbons (Fsp3) is 0.176. The summed E-state index contributed by atoms with van der Waals surface area (Å²) in [6.07, 6.45) is 0.258. The number of hydrogen-bond acceptors (Lipinski definition) is 6. The van der Waals surface area contributed by atoms with E-state index in [2.05, 4.69) is 15.0 Å². The number of thiazole rings is 1. The first kappa shape index (κ1) is 18.3. The van der Waals surface area contributed by atoms with Crippen molar-refractivity contribution in [1.82, 2.24) is 10.3 Å². The Bertz CT molecular complexity index is 1030. The summed E-state index contributed by atoms with van der Waals surface area (Å²) in [6.45, 7) is 0.0878. The normalized spacial score (nSPS) is 12.7. The van der Waals surface area contributed by atoms with Crippen LogP contribution in [0.2, 0.25) is 0 Å². The fourth-order valence-electron chi connectivity index (χ4n) is 2.35. The molecule has 9 heteroatoms. The second-order valence-corrected chi connectivity index (χ2v) is 8.49. The summed E-state index contributed by atoms with van der Waals surface area (Å²) in [6, 6.07) is 14.0. The van der Waals surface area contributed by atoms with E-state index in [9.17, 15) is 18.3 Å². The highest BCUT2D eigenvalue weighted by atomic mass is 32.2. The minimum atomic E-state index is -3.40. The molecule has 1 aromatic heterocycles. The van der Waals surface area contributed by atoms with E-state index in [1.165, 1.54) is 0 Å². The second-order valence-electron chi connectivity index (χ2n) is 5.71. The first-order valence-corrected chi connectivity index (χ1v) is 10.4. The molecule has 3 rings (SSSR count). The first-order valence-electron chi connectivity index (χ1n) is 7.71. The Kier molecular flexibility index (Phi) is 5.21. The predicted octanol–water partition coefficient (Wildman–Crippen LogP) is 2.13. The molecule has 3 aromatic rings. The maximum Gasteiger partial charge on any atom is 0.251 e. The molecule has 26 heavy (non-hydrogen) atoms. The van der Waals surface area contributed by atoms with E-state index in [1.807, 2.05) is 18.2 Å². The van der Waals surface area contributed by atoms with Crippen LogP contribution in [-0.4, -0.2) is 37.2 Å². The van der Waals surface area contributed by atoms with Crippen LogP contribution in [0.5, 0.6) is 0 Å². The molecule has 0 aliphatic carbocycles. The lowest BCUT2D eigenvalue weighted by Crippen LogP contribution is -2.28. The lowest BCUT2D eigenvalue weighted by Gasteiger charge is -2.12. The van der Waals surface area contributed by atoms with Crippen LogP contribution in [-0.2, 0) is 10.0 Å². The Labute approximate surface area is 154 Å². The van der Waals surface area contributed by atoms with Gasteiger partial charge in [0.2, 0.25) is 10.0 Å². The molecule has 1 atom stereocenters. The molecule has 3 N–H and O–H groups in total. The average Bonchev–Trinajstić information content (AvgIpc) is 2.99. The molecule has 7 nitrogen and oxygen atoms in total. The molecule has 0 saturated carbocycles. The van der Waals surface area contributed by atoms with Crippen molar-refractivity contribution in [3.05, 3.63) is 59.7 Å². The summed E-state index contributed by atoms with van der Waals surface area (Å²) in [4.78, 5) is 16.5. The molecule has 0 unspecified atom stereocenters. The third-order valence-corrected chi connectivity index (χ3v) is 5.19. The molecule has 0 spiro atoms. The summed E-state index contributed by atoms with van der Waals surface area (Å²) < 4.78 is 25.6. The molecule has 0 aliphatic rings. The van der Waals surface area contributed by atoms with Gasteiger partial charge in [-0.1, -0.05) is 41.7 Å². The molecule has 0 saturated heterocycles. The molecule has 1 amide bonds. The minimum Gasteiger partial charge on any atom is -0.387 e. The van der Waals surface area contributed by atoms with Crippen molar-refractivity contribution in [2.75, 3.05) is 17.5 Å². The first-order chi connectivity index (χ1) is 12.3. The van der Waals surface area contributed by atoms with Gasteiger partial charge in [-0.25, -0.2) is 13.4 Å². The third kappa shape index (κ3) is 4.57. The predicted molar refractivity (Wildman–Crippen MR) is 102 cm³/mol. The number of rotatable bonds is 6. The number of aliphatic hydroxyl groups excluding tert-OH is 1. The molecular formula is C17H17N3O4S2. The lowest BCUT2D eigenvalue weighted by molar-refractivity contribution is 0.0916. The molecule has 0 aliphatic heterocycles. The number of aliphatic hydroxyl groups is 1. The molecule has 2 aromatic carbocycles. The van der Waals surface area contributed by atoms with Crippen molar-refractivity contribution in [3.8, 4) is 0 Å². The lowest BCUT2D eigenvalue weighted by atomic mass is 10.1. The summed E-state index contributed by atoms with van der Waals surface area (Å²) in [5.41, 5.74) is 1.73. The number of sulfonamides is 1. The van der Waals surface area contributed by atoms with Crippen molar-refractivity contribution < 1.29 is 18.3 Å². The van der Waals surface area contributed by atoms with E-state index >= 15 is 0 Å². The summed E-state index contributed by atoms with van der Waals surface area (Å²) >= 11 is 1.15. The number of carbonyl (C=O) groups is 1. The zero-order chi connectivity index (χ0) is 18.7. The highest BCUT2D eigenvalue weighted by Crippen LogP contribution is 2.27. The van der Waals surface area contributed by atoms with Gasteiger partial charge < -0.3 is 10.4 Å². The SMILES string of the molecule is CS(=O)(=O)Nc1nc2ccc(C(=O)NC[C@H](O)c3ccccc3)cc2s1. The van der Waals surface area contributed by atoms with E-state index in [1.54, 1.807) is 30.3 Å². The molecule has 1 heterocycles. The number of nitrogens with zero attached hydrogens (tertiary/aromatic N) is 1. The van der Waals surface area contributed by atoms with Crippen LogP contribution < -0.4 is 10.0 Å². The Hall–Kier alpha value is -2.49. The van der Waals surface area contributed by atoms with Gasteiger partial charge in [-0.05, 0) is 23.8 Å². The molecule has 136 valence electrons. The third-order valence-electron chi connectivity index (χ3n) is 3.56. The standard InChI is InChI=1S/C17H17N3O4S2/c1-26(23,24)20-17-19-13-8-7-12(9-15(13)25-17)16(22)18-10-14(21)11-5-3-2-4-6-11/h2-9,14,21H,10H2,1H3,(H,18,22)(H,19,20)/t14-/m0/s1. The van der Waals surface area contributed by atoms with E-state index in [-0.39, 0.29) is 17.6 Å². The number of aromatic nitrogens is 1. The van der Waals surface area contributed by atoms with Crippen LogP contribution in [0.15, 0.2) is 48.5 Å². The van der Waals surface area contributed by atoms with Crippen molar-refractivity contribution >= 4 is 42.6 Å². The van der Waals surface area contributed by atoms with Crippen LogP contribution in [0.25, 0.3) is 10.2 Å². The molecule has 0 fully saturated rings. The van der Waals surface area contributed by atoms with Gasteiger partial charge in [-0.2, -0.15) is 0 Å². The number of carbonyl (C=O) groups excluding carboxylic acids is 1. The second kappa shape index (κ2) is 7.40. The van der Waals surface area contributed by atoms with Gasteiger partial charge in [0.25, 0.3) is 5.91 Å². The number of amides is 1. The average molecular weight is 391 g/mol. The van der Waals surface area contributed by atoms with E-state index in [0.717, 1.165) is 23.2 Å². The van der Waals surface area contributed by atoms with E-state index in [4.69, 9.17) is 0 Å². The molecular weight excluding hydrogens is 374 g/mol. The number of nitrogens with one attached hydrogen (secondary N) is 2. The summed E-state index contributed by atoms with van der Waals surface area (Å²) in [5, 5.41) is 13.1. The molecule has 0 bridgehead atoms. The van der Waals surface area contributed by atoms with Crippen LogP contribution in [0.3, 0.4) is 0 Å². The number of hydrogen-bond donors (Lipinski definition) is 3. The van der Waals surface area contributed by atoms with Crippen LogP contribution >= 0.6 is 11.3 Å². The zero-order valence-corrected chi connectivity index (χ0v) is 15.5. The highest BCUT2D eigenvalue weighted by Gasteiger charge is 2.13. The smallest absolute Gasteiger partial charge is 0.251 e. The number of benzene rings is 2. The van der Waals surface area contributed by atoms with Crippen LogP contribution in [0.1, 0.15) is 22.0 Å². The number of anilines is 1. The van der Waals surface area contributed by atoms with Crippen molar-refractivity contribution in [2.45, 2.75) is 6.10 Å². The van der Waals surface area contributed by atoms with E-state index < -0.39 is 16.1 Å². The summed E-state index contributed by atoms with van der Waals surface area (Å²) in [7, 11) is -3.40. The number of fused-ring (bicyclic) bond motifs is 1. The van der Waals surface area contributed by atoms with Crippen LogP contribution in [0, 0.1) is 0 Å². The van der Waals surface area contributed by atoms with Crippen molar-refractivity contribution in [1.29, 1.82) is 0 Å². The minimum absolute atomic E-state index is 0.0878. The largest absolute Gasteiger partial charge is 0.387 e. The quantitative estimate of drug-likeness (QED) is 0.596. The van der Waals surface area contributed by atoms with Gasteiger partial charge in [-0.3, -0.25) is 9.52 Å². The Morgan fingerprint density at radius 3 is 2.65 bits per heavy atom. The van der Waals surface area contributed by atoms with Gasteiger partial charge in [0, 0.05) is 12.1 Å². The van der Waals surface area contributed by atoms with Gasteiger partial charge in [0.15, 0.2) is 5.13 Å². The van der Waals surface area contributed by atoms with Crippen LogP contribution in [0.4, 0.5) is 5.13 Å². The Morgan fingerprint density at radius 2 is 1.96 bits per heavy atom. The van der Waals surface area contributed by atoms with Crippen molar-refractivity contribution in [2.24, 2.45) is 0 Å². The monoisotopic (exact) mass is 391 g/mol. The Morgan fingerprint density at radius 1 is 1.23 bits per heavy atom. The van der Waals surface area contributed by atoms with E-state index in [0.29, 0.717) is 15.8 Å². The molecule has 0 radical (unpaired) electrons. The van der Waals surface area contributed by atoms with Crippen molar-refractivity contribution in [3.63, 3.8) is 0 Å². The maximum atomic E-state index is 12.3. The van der Waals surface area contributed by atoms with Gasteiger partial charge in [0.05, 0.1) is 22.6 Å². The van der Waals surface area contributed by atoms with Gasteiger partial charge in [-0.15, -0.1) is 0 Å². The summed E-state index contributed by atoms with van der Waals surface area (Å²) in [5.74, 6) is -0.326. The maximum absolute atomic E-state index is 12.3. The highest BCUT2D eigenvalue weighted by molar-refractivity contribution is 7.92. The fourth-order valence-corrected chi connectivity index (χ4v) is 4.09. The van der Waals surface area contributed by atoms with Gasteiger partial charge >= 0.3 is 0 Å². The zero-order valence-electron chi connectivity index (χ0n) is 13.8. The topological polar surface area (TPSA) is 108 Å².